The predicted octanol–water partition coefficient (Wildman–Crippen LogP) is -0.928. The van der Waals surface area contributed by atoms with Crippen LogP contribution in [-0.2, 0) is 14.4 Å². The summed E-state index contributed by atoms with van der Waals surface area (Å²) in [5.74, 6) is -2.38. The van der Waals surface area contributed by atoms with E-state index in [-0.39, 0.29) is 44.5 Å². The van der Waals surface area contributed by atoms with Gasteiger partial charge in [-0.1, -0.05) is 13.8 Å². The van der Waals surface area contributed by atoms with Crippen LogP contribution in [-0.4, -0.2) is 71.4 Å². The predicted molar refractivity (Wildman–Crippen MR) is 81.3 cm³/mol. The standard InChI is InChI=1S/C14H24N4O5/c1-9(2)5-10(13(21)22)6-16-14(23)18-4-3-17(7-11(15)19)12(20)8-18/h9-10H,3-8H2,1-2H3,(H2,15,19)(H,16,23)(H,21,22). The molecule has 23 heavy (non-hydrogen) atoms. The summed E-state index contributed by atoms with van der Waals surface area (Å²) in [7, 11) is 0. The Morgan fingerprint density at radius 3 is 2.43 bits per heavy atom. The van der Waals surface area contributed by atoms with Gasteiger partial charge in [0.05, 0.1) is 12.5 Å². The van der Waals surface area contributed by atoms with E-state index in [0.29, 0.717) is 6.42 Å². The Hall–Kier alpha value is -2.32. The molecule has 9 heteroatoms. The zero-order chi connectivity index (χ0) is 17.6. The maximum atomic E-state index is 12.0. The molecule has 0 aromatic carbocycles. The van der Waals surface area contributed by atoms with Crippen molar-refractivity contribution < 1.29 is 24.3 Å². The number of carbonyl (C=O) groups is 4. The highest BCUT2D eigenvalue weighted by atomic mass is 16.4. The number of hydrogen-bond acceptors (Lipinski definition) is 4. The fourth-order valence-corrected chi connectivity index (χ4v) is 2.40. The van der Waals surface area contributed by atoms with Crippen LogP contribution >= 0.6 is 0 Å². The minimum absolute atomic E-state index is 0.0159. The Balaban J connectivity index is 2.48. The second kappa shape index (κ2) is 8.35. The van der Waals surface area contributed by atoms with Crippen molar-refractivity contribution in [1.82, 2.24) is 15.1 Å². The Morgan fingerprint density at radius 1 is 1.30 bits per heavy atom. The van der Waals surface area contributed by atoms with Gasteiger partial charge in [-0.2, -0.15) is 0 Å². The second-order valence-electron chi connectivity index (χ2n) is 6.05. The van der Waals surface area contributed by atoms with E-state index in [2.05, 4.69) is 5.32 Å². The highest BCUT2D eigenvalue weighted by Gasteiger charge is 2.28. The van der Waals surface area contributed by atoms with Gasteiger partial charge in [0.15, 0.2) is 0 Å². The van der Waals surface area contributed by atoms with Crippen molar-refractivity contribution in [2.75, 3.05) is 32.7 Å². The molecule has 4 N–H and O–H groups in total. The molecule has 1 fully saturated rings. The first-order chi connectivity index (χ1) is 10.7. The van der Waals surface area contributed by atoms with Gasteiger partial charge < -0.3 is 26.0 Å². The minimum Gasteiger partial charge on any atom is -0.481 e. The SMILES string of the molecule is CC(C)CC(CNC(=O)N1CCN(CC(N)=O)C(=O)C1)C(=O)O. The molecule has 0 bridgehead atoms. The quantitative estimate of drug-likeness (QED) is 0.555. The molecule has 4 amide bonds. The minimum atomic E-state index is -0.957. The van der Waals surface area contributed by atoms with Crippen LogP contribution in [0.25, 0.3) is 0 Å². The van der Waals surface area contributed by atoms with Gasteiger partial charge in [-0.05, 0) is 12.3 Å². The normalized spacial score (nSPS) is 16.4. The van der Waals surface area contributed by atoms with Crippen LogP contribution in [0, 0.1) is 11.8 Å². The number of nitrogens with one attached hydrogen (secondary N) is 1. The van der Waals surface area contributed by atoms with Crippen molar-refractivity contribution in [2.24, 2.45) is 17.6 Å². The molecule has 0 aliphatic carbocycles. The molecule has 1 heterocycles. The van der Waals surface area contributed by atoms with Crippen molar-refractivity contribution in [2.45, 2.75) is 20.3 Å². The van der Waals surface area contributed by atoms with Crippen LogP contribution in [0.15, 0.2) is 0 Å². The first kappa shape index (κ1) is 18.7. The largest absolute Gasteiger partial charge is 0.481 e. The number of aliphatic carboxylic acids is 1. The van der Waals surface area contributed by atoms with Gasteiger partial charge >= 0.3 is 12.0 Å². The Kier molecular flexibility index (Phi) is 6.80. The lowest BCUT2D eigenvalue weighted by Crippen LogP contribution is -2.56. The molecular weight excluding hydrogens is 304 g/mol. The van der Waals surface area contributed by atoms with E-state index >= 15 is 0 Å². The van der Waals surface area contributed by atoms with Gasteiger partial charge in [-0.3, -0.25) is 14.4 Å². The van der Waals surface area contributed by atoms with Crippen LogP contribution < -0.4 is 11.1 Å². The van der Waals surface area contributed by atoms with E-state index in [0.717, 1.165) is 0 Å². The van der Waals surface area contributed by atoms with Crippen molar-refractivity contribution in [3.8, 4) is 0 Å². The van der Waals surface area contributed by atoms with E-state index in [9.17, 15) is 19.2 Å². The molecular formula is C14H24N4O5. The van der Waals surface area contributed by atoms with Crippen LogP contribution in [0.1, 0.15) is 20.3 Å². The molecule has 0 saturated carbocycles. The number of urea groups is 1. The number of rotatable bonds is 7. The molecule has 0 radical (unpaired) electrons. The molecule has 1 saturated heterocycles. The van der Waals surface area contributed by atoms with Crippen molar-refractivity contribution in [3.05, 3.63) is 0 Å². The molecule has 1 atom stereocenters. The maximum absolute atomic E-state index is 12.0. The first-order valence-electron chi connectivity index (χ1n) is 7.52. The molecule has 130 valence electrons. The summed E-state index contributed by atoms with van der Waals surface area (Å²) in [5.41, 5.74) is 5.05. The number of nitrogens with two attached hydrogens (primary N) is 1. The summed E-state index contributed by atoms with van der Waals surface area (Å²) < 4.78 is 0. The average molecular weight is 328 g/mol. The maximum Gasteiger partial charge on any atom is 0.317 e. The average Bonchev–Trinajstić information content (AvgIpc) is 2.44. The highest BCUT2D eigenvalue weighted by Crippen LogP contribution is 2.11. The highest BCUT2D eigenvalue weighted by molar-refractivity contribution is 5.88. The van der Waals surface area contributed by atoms with Gasteiger partial charge in [0.25, 0.3) is 0 Å². The van der Waals surface area contributed by atoms with Gasteiger partial charge in [-0.25, -0.2) is 4.79 Å². The summed E-state index contributed by atoms with van der Waals surface area (Å²) in [6, 6.07) is -0.480. The summed E-state index contributed by atoms with van der Waals surface area (Å²) in [6.07, 6.45) is 0.459. The summed E-state index contributed by atoms with van der Waals surface area (Å²) in [5, 5.41) is 11.7. The zero-order valence-corrected chi connectivity index (χ0v) is 13.4. The molecule has 1 unspecified atom stereocenters. The molecule has 0 aromatic heterocycles. The Morgan fingerprint density at radius 2 is 1.96 bits per heavy atom. The fourth-order valence-electron chi connectivity index (χ4n) is 2.40. The van der Waals surface area contributed by atoms with Gasteiger partial charge in [-0.15, -0.1) is 0 Å². The molecule has 1 rings (SSSR count). The molecule has 0 aromatic rings. The molecule has 9 nitrogen and oxygen atoms in total. The van der Waals surface area contributed by atoms with Crippen molar-refractivity contribution in [3.63, 3.8) is 0 Å². The topological polar surface area (TPSA) is 133 Å². The Bertz CT molecular complexity index is 480. The second-order valence-corrected chi connectivity index (χ2v) is 6.05. The monoisotopic (exact) mass is 328 g/mol. The third kappa shape index (κ3) is 6.13. The van der Waals surface area contributed by atoms with E-state index in [1.165, 1.54) is 9.80 Å². The number of amides is 4. The number of carbonyl (C=O) groups excluding carboxylic acids is 3. The number of piperazine rings is 1. The lowest BCUT2D eigenvalue weighted by Gasteiger charge is -2.33. The van der Waals surface area contributed by atoms with Crippen molar-refractivity contribution in [1.29, 1.82) is 0 Å². The third-order valence-corrected chi connectivity index (χ3v) is 3.56. The lowest BCUT2D eigenvalue weighted by atomic mass is 9.97. The summed E-state index contributed by atoms with van der Waals surface area (Å²) in [6.45, 7) is 4.02. The van der Waals surface area contributed by atoms with Crippen LogP contribution in [0.5, 0.6) is 0 Å². The van der Waals surface area contributed by atoms with Crippen molar-refractivity contribution >= 4 is 23.8 Å². The van der Waals surface area contributed by atoms with Gasteiger partial charge in [0.2, 0.25) is 11.8 Å². The van der Waals surface area contributed by atoms with Gasteiger partial charge in [0, 0.05) is 19.6 Å². The lowest BCUT2D eigenvalue weighted by molar-refractivity contribution is -0.142. The third-order valence-electron chi connectivity index (χ3n) is 3.56. The van der Waals surface area contributed by atoms with E-state index < -0.39 is 23.8 Å². The number of carboxylic acid groups (broad SMARTS) is 1. The number of nitrogens with zero attached hydrogens (tertiary/aromatic N) is 2. The zero-order valence-electron chi connectivity index (χ0n) is 13.4. The Labute approximate surface area is 134 Å². The van der Waals surface area contributed by atoms with Crippen LogP contribution in [0.2, 0.25) is 0 Å². The van der Waals surface area contributed by atoms with E-state index in [4.69, 9.17) is 10.8 Å². The number of primary amides is 1. The summed E-state index contributed by atoms with van der Waals surface area (Å²) >= 11 is 0. The molecule has 1 aliphatic heterocycles. The van der Waals surface area contributed by atoms with E-state index in [1.54, 1.807) is 0 Å². The van der Waals surface area contributed by atoms with E-state index in [1.807, 2.05) is 13.8 Å². The van der Waals surface area contributed by atoms with Crippen LogP contribution in [0.3, 0.4) is 0 Å². The molecule has 0 spiro atoms. The summed E-state index contributed by atoms with van der Waals surface area (Å²) in [4.78, 5) is 48.5. The number of hydrogen-bond donors (Lipinski definition) is 3. The fraction of sp³-hybridized carbons (Fsp3) is 0.714. The number of carboxylic acids is 1. The van der Waals surface area contributed by atoms with Gasteiger partial charge in [0.1, 0.15) is 6.54 Å². The smallest absolute Gasteiger partial charge is 0.317 e. The van der Waals surface area contributed by atoms with Crippen LogP contribution in [0.4, 0.5) is 4.79 Å². The first-order valence-corrected chi connectivity index (χ1v) is 7.52. The molecule has 1 aliphatic rings.